The molecule has 0 unspecified atom stereocenters. The smallest absolute Gasteiger partial charge is 0.269 e. The van der Waals surface area contributed by atoms with E-state index in [1.54, 1.807) is 12.1 Å². The summed E-state index contributed by atoms with van der Waals surface area (Å²) in [5, 5.41) is 21.2. The highest BCUT2D eigenvalue weighted by Gasteiger charge is 2.35. The molecule has 0 spiro atoms. The van der Waals surface area contributed by atoms with Gasteiger partial charge in [0.1, 0.15) is 0 Å². The molecule has 0 aromatic carbocycles. The van der Waals surface area contributed by atoms with Gasteiger partial charge >= 0.3 is 6.18 Å². The molecule has 0 aliphatic heterocycles. The van der Waals surface area contributed by atoms with E-state index in [1.807, 2.05) is 0 Å². The molecular weight excluding hydrogens is 245 g/mol. The first-order valence-corrected chi connectivity index (χ1v) is 4.91. The van der Waals surface area contributed by atoms with Crippen molar-refractivity contribution in [2.75, 3.05) is 0 Å². The number of nitriles is 2. The van der Waals surface area contributed by atoms with E-state index in [4.69, 9.17) is 10.5 Å². The Morgan fingerprint density at radius 2 is 2.00 bits per heavy atom. The Morgan fingerprint density at radius 3 is 2.39 bits per heavy atom. The van der Waals surface area contributed by atoms with E-state index in [1.165, 1.54) is 6.08 Å². The summed E-state index contributed by atoms with van der Waals surface area (Å²) in [6, 6.07) is 4.38. The van der Waals surface area contributed by atoms with Gasteiger partial charge in [0.2, 0.25) is 0 Å². The van der Waals surface area contributed by atoms with Crippen molar-refractivity contribution in [3.05, 3.63) is 30.6 Å². The number of rotatable bonds is 4. The van der Waals surface area contributed by atoms with E-state index in [-0.39, 0.29) is 13.0 Å². The Hall–Kier alpha value is -2.28. The first kappa shape index (κ1) is 13.8. The highest BCUT2D eigenvalue weighted by atomic mass is 19.4. The molecule has 0 bridgehead atoms. The highest BCUT2D eigenvalue weighted by molar-refractivity contribution is 5.16. The molecule has 0 amide bonds. The molecule has 7 heteroatoms. The van der Waals surface area contributed by atoms with E-state index in [9.17, 15) is 13.2 Å². The quantitative estimate of drug-likeness (QED) is 0.775. The van der Waals surface area contributed by atoms with Crippen LogP contribution < -0.4 is 0 Å². The van der Waals surface area contributed by atoms with Gasteiger partial charge in [-0.1, -0.05) is 6.08 Å². The third kappa shape index (κ3) is 2.89. The molecule has 1 rings (SSSR count). The van der Waals surface area contributed by atoms with Crippen molar-refractivity contribution in [2.24, 2.45) is 5.41 Å². The molecular formula is C11H9F3N4. The highest BCUT2D eigenvalue weighted by Crippen LogP contribution is 2.28. The van der Waals surface area contributed by atoms with Gasteiger partial charge in [-0.2, -0.15) is 28.8 Å². The van der Waals surface area contributed by atoms with Crippen molar-refractivity contribution in [3.63, 3.8) is 0 Å². The molecule has 1 aromatic heterocycles. The Labute approximate surface area is 102 Å². The Balaban J connectivity index is 2.97. The molecule has 0 aliphatic rings. The maximum absolute atomic E-state index is 12.3. The summed E-state index contributed by atoms with van der Waals surface area (Å²) in [6.07, 6.45) is -2.01. The van der Waals surface area contributed by atoms with Crippen LogP contribution in [0.1, 0.15) is 12.1 Å². The fourth-order valence-corrected chi connectivity index (χ4v) is 1.38. The fraction of sp³-hybridized carbons (Fsp3) is 0.364. The SMILES string of the molecule is C=CCC(C#N)(C#N)Cn1ccc(C(F)(F)F)n1. The standard InChI is InChI=1S/C11H9F3N4/c1-2-4-10(6-15,7-16)8-18-5-3-9(17-18)11(12,13)14/h2-3,5H,1,4,8H2. The molecule has 1 heterocycles. The first-order valence-electron chi connectivity index (χ1n) is 4.91. The number of hydrogen-bond acceptors (Lipinski definition) is 3. The van der Waals surface area contributed by atoms with Crippen LogP contribution in [0.25, 0.3) is 0 Å². The minimum atomic E-state index is -4.54. The predicted molar refractivity (Wildman–Crippen MR) is 55.7 cm³/mol. The van der Waals surface area contributed by atoms with Gasteiger partial charge in [0.05, 0.1) is 18.7 Å². The lowest BCUT2D eigenvalue weighted by atomic mass is 9.88. The van der Waals surface area contributed by atoms with E-state index >= 15 is 0 Å². The molecule has 0 fully saturated rings. The van der Waals surface area contributed by atoms with Gasteiger partial charge in [-0.05, 0) is 12.5 Å². The average molecular weight is 254 g/mol. The topological polar surface area (TPSA) is 65.4 Å². The van der Waals surface area contributed by atoms with Gasteiger partial charge in [0.15, 0.2) is 11.1 Å². The first-order chi connectivity index (χ1) is 8.37. The second kappa shape index (κ2) is 4.92. The molecule has 18 heavy (non-hydrogen) atoms. The Bertz CT molecular complexity index is 502. The van der Waals surface area contributed by atoms with Crippen molar-refractivity contribution >= 4 is 0 Å². The minimum Gasteiger partial charge on any atom is -0.269 e. The summed E-state index contributed by atoms with van der Waals surface area (Å²) >= 11 is 0. The summed E-state index contributed by atoms with van der Waals surface area (Å²) in [5.74, 6) is 0. The zero-order chi connectivity index (χ0) is 13.8. The lowest BCUT2D eigenvalue weighted by Gasteiger charge is -2.16. The maximum Gasteiger partial charge on any atom is 0.435 e. The van der Waals surface area contributed by atoms with E-state index in [0.717, 1.165) is 16.9 Å². The van der Waals surface area contributed by atoms with Crippen LogP contribution in [0.4, 0.5) is 13.2 Å². The van der Waals surface area contributed by atoms with Crippen LogP contribution in [0.5, 0.6) is 0 Å². The van der Waals surface area contributed by atoms with Crippen molar-refractivity contribution in [1.29, 1.82) is 10.5 Å². The Morgan fingerprint density at radius 1 is 1.39 bits per heavy atom. The minimum absolute atomic E-state index is 0.0568. The molecule has 0 saturated heterocycles. The molecule has 0 N–H and O–H groups in total. The van der Waals surface area contributed by atoms with Gasteiger partial charge in [-0.3, -0.25) is 4.68 Å². The van der Waals surface area contributed by atoms with Crippen LogP contribution >= 0.6 is 0 Å². The predicted octanol–water partition coefficient (Wildman–Crippen LogP) is 2.51. The van der Waals surface area contributed by atoms with Crippen molar-refractivity contribution < 1.29 is 13.2 Å². The monoisotopic (exact) mass is 254 g/mol. The summed E-state index contributed by atoms with van der Waals surface area (Å²) < 4.78 is 37.9. The molecule has 0 aliphatic carbocycles. The normalized spacial score (nSPS) is 11.6. The van der Waals surface area contributed by atoms with Crippen LogP contribution in [-0.4, -0.2) is 9.78 Å². The summed E-state index contributed by atoms with van der Waals surface area (Å²) in [5.41, 5.74) is -2.50. The number of alkyl halides is 3. The average Bonchev–Trinajstić information content (AvgIpc) is 2.76. The summed E-state index contributed by atoms with van der Waals surface area (Å²) in [4.78, 5) is 0. The number of nitrogens with zero attached hydrogens (tertiary/aromatic N) is 4. The molecule has 0 saturated carbocycles. The van der Waals surface area contributed by atoms with Gasteiger partial charge in [-0.25, -0.2) is 0 Å². The Kier molecular flexibility index (Phi) is 3.77. The van der Waals surface area contributed by atoms with Crippen LogP contribution in [0.15, 0.2) is 24.9 Å². The zero-order valence-corrected chi connectivity index (χ0v) is 9.28. The zero-order valence-electron chi connectivity index (χ0n) is 9.28. The summed E-state index contributed by atoms with van der Waals surface area (Å²) in [6.45, 7) is 3.18. The molecule has 4 nitrogen and oxygen atoms in total. The van der Waals surface area contributed by atoms with Crippen molar-refractivity contribution in [3.8, 4) is 12.1 Å². The van der Waals surface area contributed by atoms with E-state index in [2.05, 4.69) is 11.7 Å². The maximum atomic E-state index is 12.3. The number of allylic oxidation sites excluding steroid dienone is 1. The van der Waals surface area contributed by atoms with Crippen molar-refractivity contribution in [2.45, 2.75) is 19.1 Å². The molecule has 0 radical (unpaired) electrons. The third-order valence-electron chi connectivity index (χ3n) is 2.28. The lowest BCUT2D eigenvalue weighted by Crippen LogP contribution is -2.23. The van der Waals surface area contributed by atoms with Crippen LogP contribution in [0.2, 0.25) is 0 Å². The largest absolute Gasteiger partial charge is 0.435 e. The number of hydrogen-bond donors (Lipinski definition) is 0. The molecule has 1 aromatic rings. The summed E-state index contributed by atoms with van der Waals surface area (Å²) in [7, 11) is 0. The van der Waals surface area contributed by atoms with E-state index < -0.39 is 17.3 Å². The van der Waals surface area contributed by atoms with Gasteiger partial charge < -0.3 is 0 Å². The van der Waals surface area contributed by atoms with Crippen LogP contribution in [0.3, 0.4) is 0 Å². The number of halogens is 3. The van der Waals surface area contributed by atoms with Gasteiger partial charge in [0.25, 0.3) is 0 Å². The third-order valence-corrected chi connectivity index (χ3v) is 2.28. The fourth-order valence-electron chi connectivity index (χ4n) is 1.38. The van der Waals surface area contributed by atoms with Crippen LogP contribution in [0, 0.1) is 28.1 Å². The molecule has 0 atom stereocenters. The lowest BCUT2D eigenvalue weighted by molar-refractivity contribution is -0.141. The van der Waals surface area contributed by atoms with Crippen LogP contribution in [-0.2, 0) is 12.7 Å². The van der Waals surface area contributed by atoms with Gasteiger partial charge in [-0.15, -0.1) is 6.58 Å². The second-order valence-electron chi connectivity index (χ2n) is 3.69. The second-order valence-corrected chi connectivity index (χ2v) is 3.69. The van der Waals surface area contributed by atoms with E-state index in [0.29, 0.717) is 0 Å². The van der Waals surface area contributed by atoms with Gasteiger partial charge in [0, 0.05) is 6.20 Å². The van der Waals surface area contributed by atoms with Crippen molar-refractivity contribution in [1.82, 2.24) is 9.78 Å². The molecule has 94 valence electrons. The number of aromatic nitrogens is 2.